The molecule has 1 N–H and O–H groups in total. The predicted octanol–water partition coefficient (Wildman–Crippen LogP) is 6.53. The average molecular weight is 484 g/mol. The number of nitrogens with zero attached hydrogens (tertiary/aromatic N) is 2. The molecule has 33 heavy (non-hydrogen) atoms. The molecule has 0 fully saturated rings. The van der Waals surface area contributed by atoms with Crippen LogP contribution in [0.1, 0.15) is 23.9 Å². The Hall–Kier alpha value is -3.03. The zero-order valence-corrected chi connectivity index (χ0v) is 20.6. The van der Waals surface area contributed by atoms with E-state index in [1.807, 2.05) is 30.3 Å². The molecule has 6 nitrogen and oxygen atoms in total. The van der Waals surface area contributed by atoms with Crippen LogP contribution in [0.15, 0.2) is 42.5 Å². The Morgan fingerprint density at radius 1 is 1.18 bits per heavy atom. The van der Waals surface area contributed by atoms with Gasteiger partial charge in [0.25, 0.3) is 0 Å². The monoisotopic (exact) mass is 483 g/mol. The van der Waals surface area contributed by atoms with Crippen molar-refractivity contribution >= 4 is 50.6 Å². The lowest BCUT2D eigenvalue weighted by Gasteiger charge is -2.21. The minimum absolute atomic E-state index is 0.219. The van der Waals surface area contributed by atoms with Crippen LogP contribution < -0.4 is 9.64 Å². The van der Waals surface area contributed by atoms with Crippen LogP contribution in [0.5, 0.6) is 5.75 Å². The number of carbonyl (C=O) groups is 1. The molecule has 172 valence electrons. The van der Waals surface area contributed by atoms with Crippen molar-refractivity contribution in [1.82, 2.24) is 9.97 Å². The summed E-state index contributed by atoms with van der Waals surface area (Å²) in [5, 5.41) is 2.57. The Bertz CT molecular complexity index is 1300. The highest BCUT2D eigenvalue weighted by Gasteiger charge is 2.19. The SMILES string of the molecule is CCCN(c1ccc2[nH]c(CC(=O)OC)cc2c1)c1nc(-c2ccc(OC)cc2Cl)c(C)s1. The number of aryl methyl sites for hydroxylation is 1. The number of nitrogens with one attached hydrogen (secondary N) is 1. The molecule has 0 saturated heterocycles. The number of carbonyl (C=O) groups excluding carboxylic acids is 1. The first-order valence-corrected chi connectivity index (χ1v) is 11.9. The molecule has 0 aliphatic rings. The Morgan fingerprint density at radius 3 is 2.70 bits per heavy atom. The molecule has 0 unspecified atom stereocenters. The van der Waals surface area contributed by atoms with Gasteiger partial charge in [-0.2, -0.15) is 0 Å². The van der Waals surface area contributed by atoms with Crippen LogP contribution in [-0.2, 0) is 16.0 Å². The smallest absolute Gasteiger partial charge is 0.311 e. The number of halogens is 1. The Labute approximate surface area is 202 Å². The number of rotatable bonds is 8. The number of hydrogen-bond acceptors (Lipinski definition) is 6. The molecule has 0 amide bonds. The fourth-order valence-corrected chi connectivity index (χ4v) is 5.02. The number of aromatic amines is 1. The second-order valence-electron chi connectivity index (χ2n) is 7.72. The minimum Gasteiger partial charge on any atom is -0.497 e. The molecule has 0 atom stereocenters. The second-order valence-corrected chi connectivity index (χ2v) is 9.31. The van der Waals surface area contributed by atoms with E-state index in [4.69, 9.17) is 26.1 Å². The number of ether oxygens (including phenoxy) is 2. The summed E-state index contributed by atoms with van der Waals surface area (Å²) in [5.41, 5.74) is 4.64. The average Bonchev–Trinajstić information content (AvgIpc) is 3.39. The van der Waals surface area contributed by atoms with Gasteiger partial charge in [0.1, 0.15) is 5.75 Å². The first kappa shape index (κ1) is 23.1. The van der Waals surface area contributed by atoms with Crippen LogP contribution in [0.3, 0.4) is 0 Å². The number of benzene rings is 2. The predicted molar refractivity (Wildman–Crippen MR) is 135 cm³/mol. The molecule has 0 spiro atoms. The molecule has 2 aromatic carbocycles. The molecule has 0 aliphatic heterocycles. The van der Waals surface area contributed by atoms with Gasteiger partial charge in [-0.15, -0.1) is 11.3 Å². The molecule has 8 heteroatoms. The standard InChI is InChI=1S/C25H26ClN3O3S/c1-5-10-29(18-6-9-22-16(12-18)11-17(27-22)13-23(30)32-4)25-28-24(15(2)33-25)20-8-7-19(31-3)14-21(20)26/h6-9,11-12,14,27H,5,10,13H2,1-4H3. The van der Waals surface area contributed by atoms with E-state index < -0.39 is 0 Å². The Balaban J connectivity index is 1.70. The number of aromatic nitrogens is 2. The summed E-state index contributed by atoms with van der Waals surface area (Å²) in [7, 11) is 3.02. The lowest BCUT2D eigenvalue weighted by atomic mass is 10.1. The number of H-pyrrole nitrogens is 1. The zero-order valence-electron chi connectivity index (χ0n) is 19.1. The maximum atomic E-state index is 11.6. The van der Waals surface area contributed by atoms with Crippen molar-refractivity contribution in [2.24, 2.45) is 0 Å². The van der Waals surface area contributed by atoms with E-state index in [1.165, 1.54) is 7.11 Å². The van der Waals surface area contributed by atoms with Crippen LogP contribution in [0.25, 0.3) is 22.2 Å². The van der Waals surface area contributed by atoms with Gasteiger partial charge in [-0.3, -0.25) is 4.79 Å². The highest BCUT2D eigenvalue weighted by Crippen LogP contribution is 2.39. The van der Waals surface area contributed by atoms with Crippen LogP contribution in [0, 0.1) is 6.92 Å². The molecule has 0 aliphatic carbocycles. The zero-order chi connectivity index (χ0) is 23.5. The van der Waals surface area contributed by atoms with Gasteiger partial charge in [0, 0.05) is 39.3 Å². The third-order valence-electron chi connectivity index (χ3n) is 5.43. The van der Waals surface area contributed by atoms with Gasteiger partial charge >= 0.3 is 5.97 Å². The van der Waals surface area contributed by atoms with E-state index in [9.17, 15) is 4.79 Å². The van der Waals surface area contributed by atoms with E-state index >= 15 is 0 Å². The molecule has 0 radical (unpaired) electrons. The molecule has 0 saturated carbocycles. The van der Waals surface area contributed by atoms with E-state index in [2.05, 4.69) is 35.9 Å². The number of methoxy groups -OCH3 is 2. The first-order valence-electron chi connectivity index (χ1n) is 10.7. The summed E-state index contributed by atoms with van der Waals surface area (Å²) in [6.07, 6.45) is 1.19. The normalized spacial score (nSPS) is 11.1. The van der Waals surface area contributed by atoms with E-state index in [1.54, 1.807) is 18.4 Å². The first-order chi connectivity index (χ1) is 15.9. The van der Waals surface area contributed by atoms with Gasteiger partial charge in [-0.1, -0.05) is 18.5 Å². The topological polar surface area (TPSA) is 67.5 Å². The van der Waals surface area contributed by atoms with E-state index in [-0.39, 0.29) is 12.4 Å². The molecule has 4 rings (SSSR count). The van der Waals surface area contributed by atoms with E-state index in [0.717, 1.165) is 62.3 Å². The third kappa shape index (κ3) is 4.84. The Kier molecular flexibility index (Phi) is 6.91. The fraction of sp³-hybridized carbons (Fsp3) is 0.280. The largest absolute Gasteiger partial charge is 0.497 e. The molecule has 2 aromatic heterocycles. The number of esters is 1. The van der Waals surface area contributed by atoms with Gasteiger partial charge in [0.2, 0.25) is 0 Å². The fourth-order valence-electron chi connectivity index (χ4n) is 3.79. The summed E-state index contributed by atoms with van der Waals surface area (Å²) in [6, 6.07) is 13.9. The van der Waals surface area contributed by atoms with Crippen LogP contribution >= 0.6 is 22.9 Å². The highest BCUT2D eigenvalue weighted by atomic mass is 35.5. The Morgan fingerprint density at radius 2 is 2.00 bits per heavy atom. The van der Waals surface area contributed by atoms with Crippen molar-refractivity contribution < 1.29 is 14.3 Å². The summed E-state index contributed by atoms with van der Waals surface area (Å²) in [4.78, 5) is 23.2. The molecule has 0 bridgehead atoms. The van der Waals surface area contributed by atoms with Crippen molar-refractivity contribution in [3.8, 4) is 17.0 Å². The van der Waals surface area contributed by atoms with Gasteiger partial charge in [0.15, 0.2) is 5.13 Å². The highest BCUT2D eigenvalue weighted by molar-refractivity contribution is 7.16. The number of thiazole rings is 1. The van der Waals surface area contributed by atoms with Crippen molar-refractivity contribution in [3.63, 3.8) is 0 Å². The van der Waals surface area contributed by atoms with Gasteiger partial charge in [-0.25, -0.2) is 4.98 Å². The second kappa shape index (κ2) is 9.85. The van der Waals surface area contributed by atoms with Gasteiger partial charge < -0.3 is 19.4 Å². The van der Waals surface area contributed by atoms with Crippen LogP contribution in [-0.4, -0.2) is 36.7 Å². The van der Waals surface area contributed by atoms with E-state index in [0.29, 0.717) is 5.02 Å². The third-order valence-corrected chi connectivity index (χ3v) is 6.74. The molecular weight excluding hydrogens is 458 g/mol. The molecule has 2 heterocycles. The number of fused-ring (bicyclic) bond motifs is 1. The van der Waals surface area contributed by atoms with Gasteiger partial charge in [0.05, 0.1) is 31.4 Å². The van der Waals surface area contributed by atoms with Crippen LogP contribution in [0.4, 0.5) is 10.8 Å². The van der Waals surface area contributed by atoms with Crippen molar-refractivity contribution in [2.75, 3.05) is 25.7 Å². The summed E-state index contributed by atoms with van der Waals surface area (Å²) >= 11 is 8.18. The van der Waals surface area contributed by atoms with Crippen molar-refractivity contribution in [3.05, 3.63) is 58.1 Å². The van der Waals surface area contributed by atoms with Crippen molar-refractivity contribution in [1.29, 1.82) is 0 Å². The molecular formula is C25H26ClN3O3S. The quantitative estimate of drug-likeness (QED) is 0.289. The lowest BCUT2D eigenvalue weighted by Crippen LogP contribution is -2.17. The maximum absolute atomic E-state index is 11.6. The van der Waals surface area contributed by atoms with Crippen LogP contribution in [0.2, 0.25) is 5.02 Å². The summed E-state index contributed by atoms with van der Waals surface area (Å²) < 4.78 is 10.1. The number of anilines is 2. The maximum Gasteiger partial charge on any atom is 0.311 e. The summed E-state index contributed by atoms with van der Waals surface area (Å²) in [5.74, 6) is 0.452. The number of hydrogen-bond donors (Lipinski definition) is 1. The minimum atomic E-state index is -0.266. The summed E-state index contributed by atoms with van der Waals surface area (Å²) in [6.45, 7) is 5.04. The lowest BCUT2D eigenvalue weighted by molar-refractivity contribution is -0.139. The van der Waals surface area contributed by atoms with Crippen molar-refractivity contribution in [2.45, 2.75) is 26.7 Å². The van der Waals surface area contributed by atoms with Gasteiger partial charge in [-0.05, 0) is 55.8 Å². The molecule has 4 aromatic rings.